The summed E-state index contributed by atoms with van der Waals surface area (Å²) in [7, 11) is 0. The van der Waals surface area contributed by atoms with E-state index in [0.29, 0.717) is 0 Å². The predicted octanol–water partition coefficient (Wildman–Crippen LogP) is 3.34. The number of rotatable bonds is 4. The van der Waals surface area contributed by atoms with Crippen LogP contribution < -0.4 is 0 Å². The number of carboxylic acid groups (broad SMARTS) is 1. The molecule has 4 nitrogen and oxygen atoms in total. The smallest absolute Gasteiger partial charge is 0.416 e. The van der Waals surface area contributed by atoms with Crippen LogP contribution in [0.15, 0.2) is 24.3 Å². The third-order valence-electron chi connectivity index (χ3n) is 3.87. The third kappa shape index (κ3) is 5.08. The Bertz CT molecular complexity index is 616. The fourth-order valence-corrected chi connectivity index (χ4v) is 2.57. The number of aliphatic carboxylic acids is 1. The van der Waals surface area contributed by atoms with Gasteiger partial charge >= 0.3 is 18.3 Å². The van der Waals surface area contributed by atoms with Crippen LogP contribution in [0.25, 0.3) is 0 Å². The van der Waals surface area contributed by atoms with Gasteiger partial charge in [0.15, 0.2) is 5.92 Å². The van der Waals surface area contributed by atoms with Gasteiger partial charge in [-0.25, -0.2) is 0 Å². The number of carboxylic acids is 1. The van der Waals surface area contributed by atoms with E-state index in [0.717, 1.165) is 12.1 Å². The summed E-state index contributed by atoms with van der Waals surface area (Å²) in [5.74, 6) is -4.55. The molecule has 0 saturated carbocycles. The summed E-state index contributed by atoms with van der Waals surface area (Å²) in [5.41, 5.74) is -0.706. The first-order valence-corrected chi connectivity index (χ1v) is 7.29. The van der Waals surface area contributed by atoms with Crippen molar-refractivity contribution in [1.82, 2.24) is 4.90 Å². The van der Waals surface area contributed by atoms with Gasteiger partial charge in [-0.05, 0) is 17.7 Å². The number of halogens is 6. The van der Waals surface area contributed by atoms with Crippen molar-refractivity contribution < 1.29 is 41.0 Å². The monoisotopic (exact) mass is 371 g/mol. The molecule has 1 aromatic rings. The molecule has 2 atom stereocenters. The SMILES string of the molecule is O=C(O)C(CN1CCOC(c2cccc(C(F)(F)F)c2)C1)C(F)(F)F. The highest BCUT2D eigenvalue weighted by molar-refractivity contribution is 5.71. The lowest BCUT2D eigenvalue weighted by Gasteiger charge is -2.35. The van der Waals surface area contributed by atoms with E-state index in [1.54, 1.807) is 0 Å². The summed E-state index contributed by atoms with van der Waals surface area (Å²) in [5, 5.41) is 8.75. The molecule has 1 N–H and O–H groups in total. The van der Waals surface area contributed by atoms with Crippen molar-refractivity contribution in [2.24, 2.45) is 5.92 Å². The molecule has 0 spiro atoms. The summed E-state index contributed by atoms with van der Waals surface area (Å²) >= 11 is 0. The first-order chi connectivity index (χ1) is 11.5. The van der Waals surface area contributed by atoms with Gasteiger partial charge < -0.3 is 9.84 Å². The fraction of sp³-hybridized carbons (Fsp3) is 0.533. The highest BCUT2D eigenvalue weighted by Crippen LogP contribution is 2.33. The van der Waals surface area contributed by atoms with E-state index in [2.05, 4.69) is 0 Å². The Morgan fingerprint density at radius 2 is 1.96 bits per heavy atom. The van der Waals surface area contributed by atoms with Gasteiger partial charge in [0.05, 0.1) is 18.3 Å². The highest BCUT2D eigenvalue weighted by atomic mass is 19.4. The van der Waals surface area contributed by atoms with Gasteiger partial charge in [0, 0.05) is 19.6 Å². The fourth-order valence-electron chi connectivity index (χ4n) is 2.57. The predicted molar refractivity (Wildman–Crippen MR) is 73.8 cm³/mol. The lowest BCUT2D eigenvalue weighted by Crippen LogP contribution is -2.46. The average Bonchev–Trinajstić information content (AvgIpc) is 2.51. The van der Waals surface area contributed by atoms with Crippen LogP contribution in [-0.4, -0.2) is 48.4 Å². The lowest BCUT2D eigenvalue weighted by molar-refractivity contribution is -0.199. The summed E-state index contributed by atoms with van der Waals surface area (Å²) < 4.78 is 81.9. The maximum absolute atomic E-state index is 12.8. The van der Waals surface area contributed by atoms with E-state index >= 15 is 0 Å². The number of nitrogens with zero attached hydrogens (tertiary/aromatic N) is 1. The van der Waals surface area contributed by atoms with Crippen molar-refractivity contribution in [3.8, 4) is 0 Å². The van der Waals surface area contributed by atoms with Crippen LogP contribution >= 0.6 is 0 Å². The molecule has 1 aliphatic heterocycles. The van der Waals surface area contributed by atoms with E-state index in [1.807, 2.05) is 0 Å². The number of hydrogen-bond donors (Lipinski definition) is 1. The van der Waals surface area contributed by atoms with Crippen LogP contribution in [-0.2, 0) is 15.7 Å². The first kappa shape index (κ1) is 19.5. The molecule has 2 unspecified atom stereocenters. The molecule has 1 saturated heterocycles. The second kappa shape index (κ2) is 7.20. The van der Waals surface area contributed by atoms with Crippen LogP contribution in [0, 0.1) is 5.92 Å². The molecule has 1 aliphatic rings. The Balaban J connectivity index is 2.12. The Labute approximate surface area is 139 Å². The molecule has 1 fully saturated rings. The zero-order chi connectivity index (χ0) is 18.8. The van der Waals surface area contributed by atoms with Crippen molar-refractivity contribution in [2.45, 2.75) is 18.5 Å². The quantitative estimate of drug-likeness (QED) is 0.825. The maximum atomic E-state index is 12.8. The lowest BCUT2D eigenvalue weighted by atomic mass is 10.0. The molecule has 0 amide bonds. The summed E-state index contributed by atoms with van der Waals surface area (Å²) in [6, 6.07) is 4.35. The molecule has 10 heteroatoms. The molecule has 0 bridgehead atoms. The largest absolute Gasteiger partial charge is 0.481 e. The normalized spacial score (nSPS) is 21.1. The van der Waals surface area contributed by atoms with E-state index in [1.165, 1.54) is 17.0 Å². The Hall–Kier alpha value is -1.81. The third-order valence-corrected chi connectivity index (χ3v) is 3.87. The minimum Gasteiger partial charge on any atom is -0.481 e. The van der Waals surface area contributed by atoms with Gasteiger partial charge in [-0.15, -0.1) is 0 Å². The topological polar surface area (TPSA) is 49.8 Å². The van der Waals surface area contributed by atoms with Gasteiger partial charge in [0.1, 0.15) is 0 Å². The molecular formula is C15H15F6NO3. The second-order valence-corrected chi connectivity index (χ2v) is 5.67. The Morgan fingerprint density at radius 3 is 2.52 bits per heavy atom. The van der Waals surface area contributed by atoms with Crippen LogP contribution in [0.1, 0.15) is 17.2 Å². The number of ether oxygens (including phenoxy) is 1. The van der Waals surface area contributed by atoms with E-state index < -0.39 is 42.5 Å². The number of morpholine rings is 1. The summed E-state index contributed by atoms with van der Waals surface area (Å²) in [4.78, 5) is 12.1. The first-order valence-electron chi connectivity index (χ1n) is 7.29. The van der Waals surface area contributed by atoms with Crippen LogP contribution in [0.2, 0.25) is 0 Å². The van der Waals surface area contributed by atoms with Gasteiger partial charge in [-0.1, -0.05) is 12.1 Å². The molecule has 0 aromatic heterocycles. The molecule has 0 aliphatic carbocycles. The number of carbonyl (C=O) groups is 1. The van der Waals surface area contributed by atoms with Crippen LogP contribution in [0.3, 0.4) is 0 Å². The average molecular weight is 371 g/mol. The molecule has 0 radical (unpaired) electrons. The van der Waals surface area contributed by atoms with E-state index in [-0.39, 0.29) is 25.3 Å². The summed E-state index contributed by atoms with van der Waals surface area (Å²) in [6.45, 7) is -0.848. The zero-order valence-electron chi connectivity index (χ0n) is 12.8. The van der Waals surface area contributed by atoms with Crippen LogP contribution in [0.4, 0.5) is 26.3 Å². The van der Waals surface area contributed by atoms with Gasteiger partial charge in [-0.2, -0.15) is 26.3 Å². The van der Waals surface area contributed by atoms with E-state index in [4.69, 9.17) is 9.84 Å². The number of alkyl halides is 6. The van der Waals surface area contributed by atoms with Gasteiger partial charge in [0.2, 0.25) is 0 Å². The summed E-state index contributed by atoms with van der Waals surface area (Å²) in [6.07, 6.45) is -10.3. The van der Waals surface area contributed by atoms with Crippen molar-refractivity contribution in [3.05, 3.63) is 35.4 Å². The van der Waals surface area contributed by atoms with Gasteiger partial charge in [-0.3, -0.25) is 9.69 Å². The molecule has 1 aromatic carbocycles. The molecular weight excluding hydrogens is 356 g/mol. The molecule has 2 rings (SSSR count). The minimum atomic E-state index is -4.91. The van der Waals surface area contributed by atoms with Crippen molar-refractivity contribution >= 4 is 5.97 Å². The van der Waals surface area contributed by atoms with Crippen LogP contribution in [0.5, 0.6) is 0 Å². The van der Waals surface area contributed by atoms with Crippen molar-refractivity contribution in [2.75, 3.05) is 26.2 Å². The van der Waals surface area contributed by atoms with Crippen molar-refractivity contribution in [1.29, 1.82) is 0 Å². The number of hydrogen-bond acceptors (Lipinski definition) is 3. The number of benzene rings is 1. The second-order valence-electron chi connectivity index (χ2n) is 5.67. The molecule has 1 heterocycles. The van der Waals surface area contributed by atoms with Gasteiger partial charge in [0.25, 0.3) is 0 Å². The Kier molecular flexibility index (Phi) is 5.62. The van der Waals surface area contributed by atoms with E-state index in [9.17, 15) is 31.1 Å². The molecule has 25 heavy (non-hydrogen) atoms. The zero-order valence-corrected chi connectivity index (χ0v) is 12.8. The Morgan fingerprint density at radius 1 is 1.28 bits per heavy atom. The highest BCUT2D eigenvalue weighted by Gasteiger charge is 2.46. The molecule has 140 valence electrons. The maximum Gasteiger partial charge on any atom is 0.416 e. The van der Waals surface area contributed by atoms with Crippen molar-refractivity contribution in [3.63, 3.8) is 0 Å². The minimum absolute atomic E-state index is 0.00882. The standard InChI is InChI=1S/C15H15F6NO3/c16-14(17,18)10-3-1-2-9(6-10)12-8-22(4-5-25-12)7-11(13(23)24)15(19,20)21/h1-3,6,11-12H,4-5,7-8H2,(H,23,24).